The van der Waals surface area contributed by atoms with E-state index in [2.05, 4.69) is 5.32 Å². The molecular formula is C23H28N2O4. The van der Waals surface area contributed by atoms with E-state index in [1.165, 1.54) is 6.92 Å². The molecule has 6 heteroatoms. The van der Waals surface area contributed by atoms with Gasteiger partial charge >= 0.3 is 5.97 Å². The van der Waals surface area contributed by atoms with Crippen molar-refractivity contribution in [1.29, 1.82) is 0 Å². The molecule has 2 amide bonds. The largest absolute Gasteiger partial charge is 0.462 e. The van der Waals surface area contributed by atoms with Gasteiger partial charge in [0.25, 0.3) is 0 Å². The maximum atomic E-state index is 12.5. The molecular weight excluding hydrogens is 368 g/mol. The predicted octanol–water partition coefficient (Wildman–Crippen LogP) is 4.12. The van der Waals surface area contributed by atoms with Crippen molar-refractivity contribution in [2.75, 3.05) is 23.4 Å². The highest BCUT2D eigenvalue weighted by Gasteiger charge is 2.19. The minimum Gasteiger partial charge on any atom is -0.462 e. The number of carbonyl (C=O) groups is 3. The van der Waals surface area contributed by atoms with Crippen LogP contribution in [0.25, 0.3) is 0 Å². The molecule has 0 aliphatic carbocycles. The summed E-state index contributed by atoms with van der Waals surface area (Å²) in [5.41, 5.74) is 3.62. The number of nitrogens with one attached hydrogen (secondary N) is 1. The van der Waals surface area contributed by atoms with E-state index < -0.39 is 5.97 Å². The van der Waals surface area contributed by atoms with Gasteiger partial charge in [-0.25, -0.2) is 4.79 Å². The van der Waals surface area contributed by atoms with Gasteiger partial charge in [-0.1, -0.05) is 37.3 Å². The van der Waals surface area contributed by atoms with Crippen LogP contribution >= 0.6 is 0 Å². The Kier molecular flexibility index (Phi) is 7.95. The summed E-state index contributed by atoms with van der Waals surface area (Å²) < 4.78 is 5.03. The van der Waals surface area contributed by atoms with Gasteiger partial charge in [-0.15, -0.1) is 0 Å². The number of anilines is 2. The average molecular weight is 396 g/mol. The standard InChI is InChI=1S/C23H28N2O4/c1-5-18-11-9-10-16(3)22(18)25(17(4)26)15-14-21(27)24-20-13-8-7-12-19(20)23(28)29-6-2/h7-13H,5-6,14-15H2,1-4H3,(H,24,27). The van der Waals surface area contributed by atoms with Gasteiger partial charge in [-0.05, 0) is 43.5 Å². The number of rotatable bonds is 8. The van der Waals surface area contributed by atoms with Crippen molar-refractivity contribution < 1.29 is 19.1 Å². The minimum absolute atomic E-state index is 0.105. The Bertz CT molecular complexity index is 892. The maximum Gasteiger partial charge on any atom is 0.340 e. The highest BCUT2D eigenvalue weighted by Crippen LogP contribution is 2.26. The second kappa shape index (κ2) is 10.4. The molecule has 6 nitrogen and oxygen atoms in total. The van der Waals surface area contributed by atoms with Gasteiger partial charge in [0.2, 0.25) is 11.8 Å². The number of para-hydroxylation sites is 2. The second-order valence-electron chi connectivity index (χ2n) is 6.67. The molecule has 0 fully saturated rings. The molecule has 0 aliphatic rings. The van der Waals surface area contributed by atoms with E-state index >= 15 is 0 Å². The van der Waals surface area contributed by atoms with E-state index in [1.807, 2.05) is 32.0 Å². The van der Waals surface area contributed by atoms with E-state index in [4.69, 9.17) is 4.74 Å². The number of benzene rings is 2. The highest BCUT2D eigenvalue weighted by atomic mass is 16.5. The molecule has 0 saturated carbocycles. The summed E-state index contributed by atoms with van der Waals surface area (Å²) in [5, 5.41) is 2.76. The van der Waals surface area contributed by atoms with Crippen molar-refractivity contribution in [3.8, 4) is 0 Å². The smallest absolute Gasteiger partial charge is 0.340 e. The molecule has 0 radical (unpaired) electrons. The number of amides is 2. The van der Waals surface area contributed by atoms with Crippen LogP contribution in [0.1, 0.15) is 48.7 Å². The Balaban J connectivity index is 2.14. The van der Waals surface area contributed by atoms with E-state index in [0.717, 1.165) is 23.2 Å². The van der Waals surface area contributed by atoms with E-state index in [1.54, 1.807) is 36.1 Å². The molecule has 1 N–H and O–H groups in total. The maximum absolute atomic E-state index is 12.5. The van der Waals surface area contributed by atoms with Crippen LogP contribution in [0.15, 0.2) is 42.5 Å². The van der Waals surface area contributed by atoms with Crippen LogP contribution < -0.4 is 10.2 Å². The number of aryl methyl sites for hydroxylation is 2. The quantitative estimate of drug-likeness (QED) is 0.681. The summed E-state index contributed by atoms with van der Waals surface area (Å²) in [5.74, 6) is -0.880. The first-order valence-corrected chi connectivity index (χ1v) is 9.81. The first-order chi connectivity index (χ1) is 13.9. The fourth-order valence-corrected chi connectivity index (χ4v) is 3.22. The lowest BCUT2D eigenvalue weighted by Gasteiger charge is -2.25. The number of carbonyl (C=O) groups excluding carboxylic acids is 3. The number of nitrogens with zero attached hydrogens (tertiary/aromatic N) is 1. The minimum atomic E-state index is -0.485. The Labute approximate surface area is 171 Å². The van der Waals surface area contributed by atoms with Crippen molar-refractivity contribution in [2.45, 2.75) is 40.5 Å². The highest BCUT2D eigenvalue weighted by molar-refractivity contribution is 6.02. The van der Waals surface area contributed by atoms with Crippen LogP contribution in [-0.2, 0) is 20.7 Å². The van der Waals surface area contributed by atoms with Crippen LogP contribution in [0.5, 0.6) is 0 Å². The molecule has 2 aromatic rings. The average Bonchev–Trinajstić information content (AvgIpc) is 2.69. The van der Waals surface area contributed by atoms with Gasteiger partial charge in [0.15, 0.2) is 0 Å². The van der Waals surface area contributed by atoms with Crippen LogP contribution in [0.3, 0.4) is 0 Å². The molecule has 29 heavy (non-hydrogen) atoms. The van der Waals surface area contributed by atoms with Gasteiger partial charge in [0.1, 0.15) is 0 Å². The summed E-state index contributed by atoms with van der Waals surface area (Å²) in [4.78, 5) is 38.5. The van der Waals surface area contributed by atoms with E-state index in [9.17, 15) is 14.4 Å². The van der Waals surface area contributed by atoms with E-state index in [-0.39, 0.29) is 31.4 Å². The summed E-state index contributed by atoms with van der Waals surface area (Å²) >= 11 is 0. The zero-order chi connectivity index (χ0) is 21.4. The molecule has 0 bridgehead atoms. The lowest BCUT2D eigenvalue weighted by atomic mass is 10.0. The van der Waals surface area contributed by atoms with E-state index in [0.29, 0.717) is 11.3 Å². The zero-order valence-electron chi connectivity index (χ0n) is 17.5. The van der Waals surface area contributed by atoms with Crippen molar-refractivity contribution in [2.24, 2.45) is 0 Å². The third kappa shape index (κ3) is 5.67. The Morgan fingerprint density at radius 2 is 1.76 bits per heavy atom. The first kappa shape index (κ1) is 22.1. The topological polar surface area (TPSA) is 75.7 Å². The monoisotopic (exact) mass is 396 g/mol. The first-order valence-electron chi connectivity index (χ1n) is 9.81. The molecule has 0 aromatic heterocycles. The Morgan fingerprint density at radius 1 is 1.03 bits per heavy atom. The van der Waals surface area contributed by atoms with Gasteiger partial charge in [0, 0.05) is 25.6 Å². The third-order valence-electron chi connectivity index (χ3n) is 4.61. The van der Waals surface area contributed by atoms with Crippen molar-refractivity contribution in [3.05, 3.63) is 59.2 Å². The van der Waals surface area contributed by atoms with Gasteiger partial charge < -0.3 is 15.0 Å². The molecule has 0 spiro atoms. The number of ether oxygens (including phenoxy) is 1. The van der Waals surface area contributed by atoms with Crippen molar-refractivity contribution in [3.63, 3.8) is 0 Å². The van der Waals surface area contributed by atoms with Crippen LogP contribution in [0.4, 0.5) is 11.4 Å². The SMILES string of the molecule is CCOC(=O)c1ccccc1NC(=O)CCN(C(C)=O)c1c(C)cccc1CC. The number of hydrogen-bond donors (Lipinski definition) is 1. The number of hydrogen-bond acceptors (Lipinski definition) is 4. The van der Waals surface area contributed by atoms with Gasteiger partial charge in [0.05, 0.1) is 17.9 Å². The van der Waals surface area contributed by atoms with Crippen LogP contribution in [0.2, 0.25) is 0 Å². The molecule has 0 saturated heterocycles. The Morgan fingerprint density at radius 3 is 2.41 bits per heavy atom. The molecule has 0 atom stereocenters. The fourth-order valence-electron chi connectivity index (χ4n) is 3.22. The predicted molar refractivity (Wildman–Crippen MR) is 114 cm³/mol. The molecule has 0 unspecified atom stereocenters. The third-order valence-corrected chi connectivity index (χ3v) is 4.61. The summed E-state index contributed by atoms with van der Waals surface area (Å²) in [6.45, 7) is 7.73. The summed E-state index contributed by atoms with van der Waals surface area (Å²) in [6.07, 6.45) is 0.897. The zero-order valence-corrected chi connectivity index (χ0v) is 17.5. The van der Waals surface area contributed by atoms with Crippen LogP contribution in [0, 0.1) is 6.92 Å². The fraction of sp³-hybridized carbons (Fsp3) is 0.348. The van der Waals surface area contributed by atoms with Crippen molar-refractivity contribution in [1.82, 2.24) is 0 Å². The summed E-state index contributed by atoms with van der Waals surface area (Å²) in [7, 11) is 0. The van der Waals surface area contributed by atoms with Crippen LogP contribution in [-0.4, -0.2) is 30.9 Å². The molecule has 154 valence electrons. The lowest BCUT2D eigenvalue weighted by molar-refractivity contribution is -0.117. The number of esters is 1. The molecule has 2 aromatic carbocycles. The molecule has 2 rings (SSSR count). The second-order valence-corrected chi connectivity index (χ2v) is 6.67. The van der Waals surface area contributed by atoms with Gasteiger partial charge in [-0.3, -0.25) is 9.59 Å². The lowest BCUT2D eigenvalue weighted by Crippen LogP contribution is -2.33. The normalized spacial score (nSPS) is 10.3. The Hall–Kier alpha value is -3.15. The molecule has 0 aliphatic heterocycles. The molecule has 0 heterocycles. The van der Waals surface area contributed by atoms with Gasteiger partial charge in [-0.2, -0.15) is 0 Å². The summed E-state index contributed by atoms with van der Waals surface area (Å²) in [6, 6.07) is 12.6. The van der Waals surface area contributed by atoms with Crippen molar-refractivity contribution >= 4 is 29.2 Å².